The molecule has 17 heavy (non-hydrogen) atoms. The second kappa shape index (κ2) is 5.69. The number of hydrogen-bond donors (Lipinski definition) is 0. The average molecular weight is 339 g/mol. The van der Waals surface area contributed by atoms with E-state index in [9.17, 15) is 4.79 Å². The summed E-state index contributed by atoms with van der Waals surface area (Å²) >= 11 is 10.7. The third-order valence-corrected chi connectivity index (χ3v) is 5.13. The minimum atomic E-state index is -0.0427. The molecule has 6 heteroatoms. The molecule has 1 atom stereocenters. The highest BCUT2D eigenvalue weighted by molar-refractivity contribution is 9.11. The second-order valence-electron chi connectivity index (χ2n) is 3.97. The van der Waals surface area contributed by atoms with Crippen molar-refractivity contribution >= 4 is 44.8 Å². The van der Waals surface area contributed by atoms with E-state index in [4.69, 9.17) is 16.3 Å². The molecule has 0 aromatic carbocycles. The smallest absolute Gasteiger partial charge is 0.264 e. The van der Waals surface area contributed by atoms with E-state index < -0.39 is 0 Å². The lowest BCUT2D eigenvalue weighted by Crippen LogP contribution is -2.46. The van der Waals surface area contributed by atoms with Crippen LogP contribution >= 0.6 is 38.9 Å². The summed E-state index contributed by atoms with van der Waals surface area (Å²) < 4.78 is 6.46. The van der Waals surface area contributed by atoms with Gasteiger partial charge in [0.05, 0.1) is 27.3 Å². The Morgan fingerprint density at radius 1 is 1.76 bits per heavy atom. The number of carbonyl (C=O) groups is 1. The molecule has 0 spiro atoms. The number of ether oxygens (including phenoxy) is 1. The predicted molar refractivity (Wildman–Crippen MR) is 73.1 cm³/mol. The van der Waals surface area contributed by atoms with E-state index in [1.165, 1.54) is 11.3 Å². The number of alkyl halides is 1. The van der Waals surface area contributed by atoms with Crippen molar-refractivity contribution in [2.75, 3.05) is 25.6 Å². The van der Waals surface area contributed by atoms with Crippen LogP contribution < -0.4 is 0 Å². The largest absolute Gasteiger partial charge is 0.373 e. The van der Waals surface area contributed by atoms with E-state index in [-0.39, 0.29) is 12.0 Å². The van der Waals surface area contributed by atoms with Crippen LogP contribution in [0.1, 0.15) is 15.2 Å². The Bertz CT molecular complexity index is 404. The van der Waals surface area contributed by atoms with Crippen molar-refractivity contribution in [1.82, 2.24) is 4.90 Å². The van der Waals surface area contributed by atoms with Crippen LogP contribution in [0.4, 0.5) is 0 Å². The quantitative estimate of drug-likeness (QED) is 0.776. The van der Waals surface area contributed by atoms with Crippen LogP contribution in [-0.2, 0) is 4.74 Å². The molecule has 0 bridgehead atoms. The molecular weight excluding hydrogens is 326 g/mol. The number of hydrogen-bond acceptors (Lipinski definition) is 3. The average Bonchev–Trinajstić information content (AvgIpc) is 2.69. The van der Waals surface area contributed by atoms with Gasteiger partial charge in [-0.2, -0.15) is 0 Å². The van der Waals surface area contributed by atoms with Gasteiger partial charge < -0.3 is 9.64 Å². The summed E-state index contributed by atoms with van der Waals surface area (Å²) in [5.74, 6) is 0.499. The first kappa shape index (κ1) is 13.3. The minimum absolute atomic E-state index is 0.0427. The zero-order valence-corrected chi connectivity index (χ0v) is 12.6. The number of amides is 1. The molecule has 1 aliphatic heterocycles. The molecule has 3 nitrogen and oxygen atoms in total. The Kier molecular flexibility index (Phi) is 4.47. The highest BCUT2D eigenvalue weighted by Gasteiger charge is 2.25. The van der Waals surface area contributed by atoms with Crippen molar-refractivity contribution in [1.29, 1.82) is 0 Å². The van der Waals surface area contributed by atoms with E-state index in [1.54, 1.807) is 0 Å². The fraction of sp³-hybridized carbons (Fsp3) is 0.545. The zero-order chi connectivity index (χ0) is 12.4. The number of aryl methyl sites for hydroxylation is 1. The second-order valence-corrected chi connectivity index (χ2v) is 6.64. The van der Waals surface area contributed by atoms with E-state index in [0.717, 1.165) is 14.2 Å². The summed E-state index contributed by atoms with van der Waals surface area (Å²) in [6, 6.07) is 1.92. The summed E-state index contributed by atoms with van der Waals surface area (Å²) in [6.45, 7) is 3.77. The zero-order valence-electron chi connectivity index (χ0n) is 9.41. The highest BCUT2D eigenvalue weighted by Crippen LogP contribution is 2.28. The Labute approximate surface area is 118 Å². The first-order chi connectivity index (χ1) is 8.11. The van der Waals surface area contributed by atoms with Crippen LogP contribution in [0.3, 0.4) is 0 Å². The molecule has 1 aromatic heterocycles. The topological polar surface area (TPSA) is 29.5 Å². The Morgan fingerprint density at radius 2 is 2.53 bits per heavy atom. The molecule has 1 aromatic rings. The van der Waals surface area contributed by atoms with Gasteiger partial charge in [-0.1, -0.05) is 0 Å². The monoisotopic (exact) mass is 337 g/mol. The highest BCUT2D eigenvalue weighted by atomic mass is 79.9. The fourth-order valence-corrected chi connectivity index (χ4v) is 3.41. The van der Waals surface area contributed by atoms with Crippen molar-refractivity contribution in [3.8, 4) is 0 Å². The van der Waals surface area contributed by atoms with Gasteiger partial charge in [-0.25, -0.2) is 0 Å². The number of carbonyl (C=O) groups excluding carboxylic acids is 1. The summed E-state index contributed by atoms with van der Waals surface area (Å²) in [4.78, 5) is 14.8. The maximum Gasteiger partial charge on any atom is 0.264 e. The molecule has 0 N–H and O–H groups in total. The van der Waals surface area contributed by atoms with E-state index in [0.29, 0.717) is 25.6 Å². The summed E-state index contributed by atoms with van der Waals surface area (Å²) in [7, 11) is 0. The number of morpholine rings is 1. The minimum Gasteiger partial charge on any atom is -0.373 e. The van der Waals surface area contributed by atoms with Gasteiger partial charge in [0, 0.05) is 13.1 Å². The first-order valence-corrected chi connectivity index (χ1v) is 7.49. The summed E-state index contributed by atoms with van der Waals surface area (Å²) in [5.41, 5.74) is 1.10. The van der Waals surface area contributed by atoms with Crippen molar-refractivity contribution < 1.29 is 9.53 Å². The normalized spacial score (nSPS) is 20.6. The molecule has 1 saturated heterocycles. The molecule has 0 radical (unpaired) electrons. The number of rotatable bonds is 2. The lowest BCUT2D eigenvalue weighted by molar-refractivity contribution is -0.0106. The molecule has 1 aliphatic rings. The van der Waals surface area contributed by atoms with Gasteiger partial charge in [0.15, 0.2) is 0 Å². The van der Waals surface area contributed by atoms with Crippen molar-refractivity contribution in [3.05, 3.63) is 20.3 Å². The standard InChI is InChI=1S/C11H13BrClNO2S/c1-7-4-9(17-10(7)12)11(15)14-2-3-16-8(5-13)6-14/h4,8H,2-3,5-6H2,1H3. The molecule has 0 saturated carbocycles. The number of thiophene rings is 1. The van der Waals surface area contributed by atoms with Gasteiger partial charge in [0.25, 0.3) is 5.91 Å². The van der Waals surface area contributed by atoms with Crippen LogP contribution in [0, 0.1) is 6.92 Å². The lowest BCUT2D eigenvalue weighted by Gasteiger charge is -2.31. The van der Waals surface area contributed by atoms with E-state index in [1.807, 2.05) is 17.9 Å². The van der Waals surface area contributed by atoms with E-state index >= 15 is 0 Å². The van der Waals surface area contributed by atoms with Crippen molar-refractivity contribution in [2.24, 2.45) is 0 Å². The van der Waals surface area contributed by atoms with Crippen molar-refractivity contribution in [3.63, 3.8) is 0 Å². The molecule has 1 unspecified atom stereocenters. The molecule has 94 valence electrons. The van der Waals surface area contributed by atoms with E-state index in [2.05, 4.69) is 15.9 Å². The maximum absolute atomic E-state index is 12.2. The Hall–Kier alpha value is -0.100. The third kappa shape index (κ3) is 3.02. The van der Waals surface area contributed by atoms with Crippen LogP contribution in [0.5, 0.6) is 0 Å². The van der Waals surface area contributed by atoms with Crippen LogP contribution in [-0.4, -0.2) is 42.5 Å². The third-order valence-electron chi connectivity index (χ3n) is 2.67. The van der Waals surface area contributed by atoms with Gasteiger partial charge >= 0.3 is 0 Å². The molecule has 1 amide bonds. The van der Waals surface area contributed by atoms with Gasteiger partial charge in [0.1, 0.15) is 0 Å². The molecular formula is C11H13BrClNO2S. The molecule has 2 heterocycles. The predicted octanol–water partition coefficient (Wildman–Crippen LogP) is 2.90. The van der Waals surface area contributed by atoms with Crippen LogP contribution in [0.25, 0.3) is 0 Å². The van der Waals surface area contributed by atoms with Crippen LogP contribution in [0.2, 0.25) is 0 Å². The summed E-state index contributed by atoms with van der Waals surface area (Å²) in [6.07, 6.45) is -0.0427. The Balaban J connectivity index is 2.09. The van der Waals surface area contributed by atoms with Gasteiger partial charge in [-0.15, -0.1) is 22.9 Å². The Morgan fingerprint density at radius 3 is 3.12 bits per heavy atom. The SMILES string of the molecule is Cc1cc(C(=O)N2CCOC(CCl)C2)sc1Br. The lowest BCUT2D eigenvalue weighted by atomic mass is 10.2. The van der Waals surface area contributed by atoms with Gasteiger partial charge in [-0.05, 0) is 34.5 Å². The summed E-state index contributed by atoms with van der Waals surface area (Å²) in [5, 5.41) is 0. The van der Waals surface area contributed by atoms with Crippen molar-refractivity contribution in [2.45, 2.75) is 13.0 Å². The molecule has 2 rings (SSSR count). The molecule has 1 fully saturated rings. The van der Waals surface area contributed by atoms with Gasteiger partial charge in [0.2, 0.25) is 0 Å². The maximum atomic E-state index is 12.2. The number of nitrogens with zero attached hydrogens (tertiary/aromatic N) is 1. The fourth-order valence-electron chi connectivity index (χ4n) is 1.72. The van der Waals surface area contributed by atoms with Gasteiger partial charge in [-0.3, -0.25) is 4.79 Å². The number of halogens is 2. The first-order valence-electron chi connectivity index (χ1n) is 5.34. The molecule has 0 aliphatic carbocycles. The van der Waals surface area contributed by atoms with Crippen LogP contribution in [0.15, 0.2) is 9.85 Å².